The number of ether oxygens (including phenoxy) is 1. The van der Waals surface area contributed by atoms with Crippen LogP contribution in [0.25, 0.3) is 11.5 Å². The Kier molecular flexibility index (Phi) is 3.82. The van der Waals surface area contributed by atoms with Gasteiger partial charge in [-0.05, 0) is 36.8 Å². The van der Waals surface area contributed by atoms with Crippen molar-refractivity contribution in [1.82, 2.24) is 10.1 Å². The highest BCUT2D eigenvalue weighted by Crippen LogP contribution is 2.38. The minimum atomic E-state index is 0.0961. The maximum absolute atomic E-state index is 9.60. The highest BCUT2D eigenvalue weighted by Gasteiger charge is 2.22. The van der Waals surface area contributed by atoms with Crippen molar-refractivity contribution in [3.8, 4) is 23.0 Å². The predicted octanol–water partition coefficient (Wildman–Crippen LogP) is 3.41. The maximum Gasteiger partial charge on any atom is 0.258 e. The van der Waals surface area contributed by atoms with E-state index in [0.717, 1.165) is 23.6 Å². The van der Waals surface area contributed by atoms with Crippen LogP contribution in [0, 0.1) is 0 Å². The first-order valence-corrected chi connectivity index (χ1v) is 7.65. The third-order valence-corrected chi connectivity index (χ3v) is 4.71. The van der Waals surface area contributed by atoms with Gasteiger partial charge in [0.1, 0.15) is 0 Å². The highest BCUT2D eigenvalue weighted by atomic mass is 32.2. The first-order chi connectivity index (χ1) is 9.78. The summed E-state index contributed by atoms with van der Waals surface area (Å²) in [5.74, 6) is 2.87. The van der Waals surface area contributed by atoms with E-state index in [0.29, 0.717) is 16.9 Å². The average molecular weight is 292 g/mol. The van der Waals surface area contributed by atoms with Crippen molar-refractivity contribution >= 4 is 11.8 Å². The zero-order valence-corrected chi connectivity index (χ0v) is 12.0. The molecule has 0 amide bonds. The van der Waals surface area contributed by atoms with Crippen LogP contribution in [0.1, 0.15) is 30.3 Å². The van der Waals surface area contributed by atoms with Crippen molar-refractivity contribution < 1.29 is 14.4 Å². The standard InChI is InChI=1S/C14H16N2O3S/c1-18-11-8-9(5-6-10(11)17)14-15-13(16-19-14)12-4-2-3-7-20-12/h5-6,8,12,17H,2-4,7H2,1H3. The fraction of sp³-hybridized carbons (Fsp3) is 0.429. The van der Waals surface area contributed by atoms with Gasteiger partial charge in [0.2, 0.25) is 0 Å². The maximum atomic E-state index is 9.60. The topological polar surface area (TPSA) is 68.4 Å². The summed E-state index contributed by atoms with van der Waals surface area (Å²) >= 11 is 1.89. The molecular weight excluding hydrogens is 276 g/mol. The number of phenols is 1. The Labute approximate surface area is 121 Å². The Hall–Kier alpha value is -1.69. The summed E-state index contributed by atoms with van der Waals surface area (Å²) in [7, 11) is 1.51. The molecule has 0 radical (unpaired) electrons. The van der Waals surface area contributed by atoms with Gasteiger partial charge in [0.05, 0.1) is 12.4 Å². The molecule has 1 aromatic carbocycles. The molecule has 1 aliphatic heterocycles. The SMILES string of the molecule is COc1cc(-c2nc(C3CCCCS3)no2)ccc1O. The van der Waals surface area contributed by atoms with Crippen molar-refractivity contribution in [1.29, 1.82) is 0 Å². The molecule has 1 aliphatic rings. The third kappa shape index (κ3) is 2.60. The summed E-state index contributed by atoms with van der Waals surface area (Å²) in [6, 6.07) is 5.00. The van der Waals surface area contributed by atoms with Gasteiger partial charge in [0.15, 0.2) is 17.3 Å². The van der Waals surface area contributed by atoms with Crippen molar-refractivity contribution in [3.05, 3.63) is 24.0 Å². The zero-order valence-electron chi connectivity index (χ0n) is 11.2. The minimum Gasteiger partial charge on any atom is -0.504 e. The van der Waals surface area contributed by atoms with Crippen LogP contribution in [0.4, 0.5) is 0 Å². The Morgan fingerprint density at radius 2 is 2.30 bits per heavy atom. The van der Waals surface area contributed by atoms with E-state index in [2.05, 4.69) is 10.1 Å². The van der Waals surface area contributed by atoms with Gasteiger partial charge >= 0.3 is 0 Å². The average Bonchev–Trinajstić information content (AvgIpc) is 2.98. The van der Waals surface area contributed by atoms with Crippen LogP contribution in [0.2, 0.25) is 0 Å². The molecule has 106 valence electrons. The molecule has 0 bridgehead atoms. The summed E-state index contributed by atoms with van der Waals surface area (Å²) < 4.78 is 10.4. The van der Waals surface area contributed by atoms with Gasteiger partial charge in [-0.3, -0.25) is 0 Å². The van der Waals surface area contributed by atoms with E-state index in [4.69, 9.17) is 9.26 Å². The van der Waals surface area contributed by atoms with Crippen molar-refractivity contribution in [2.75, 3.05) is 12.9 Å². The molecule has 0 spiro atoms. The number of thioether (sulfide) groups is 1. The van der Waals surface area contributed by atoms with Crippen LogP contribution >= 0.6 is 11.8 Å². The number of hydrogen-bond acceptors (Lipinski definition) is 6. The number of rotatable bonds is 3. The molecule has 1 fully saturated rings. The van der Waals surface area contributed by atoms with Crippen LogP contribution in [0.5, 0.6) is 11.5 Å². The summed E-state index contributed by atoms with van der Waals surface area (Å²) in [5, 5.41) is 14.0. The molecule has 5 nitrogen and oxygen atoms in total. The monoisotopic (exact) mass is 292 g/mol. The van der Waals surface area contributed by atoms with E-state index in [1.165, 1.54) is 20.0 Å². The van der Waals surface area contributed by atoms with E-state index in [1.807, 2.05) is 11.8 Å². The molecule has 0 aliphatic carbocycles. The van der Waals surface area contributed by atoms with Gasteiger partial charge in [-0.15, -0.1) is 0 Å². The van der Waals surface area contributed by atoms with Gasteiger partial charge in [0.25, 0.3) is 5.89 Å². The fourth-order valence-corrected chi connectivity index (χ4v) is 3.47. The molecule has 2 heterocycles. The molecule has 20 heavy (non-hydrogen) atoms. The number of benzene rings is 1. The molecule has 2 aromatic rings. The number of nitrogens with zero attached hydrogens (tertiary/aromatic N) is 2. The lowest BCUT2D eigenvalue weighted by molar-refractivity contribution is 0.373. The van der Waals surface area contributed by atoms with E-state index in [-0.39, 0.29) is 5.75 Å². The second-order valence-corrected chi connectivity index (χ2v) is 6.01. The van der Waals surface area contributed by atoms with Crippen LogP contribution in [0.15, 0.2) is 22.7 Å². The molecule has 6 heteroatoms. The van der Waals surface area contributed by atoms with Gasteiger partial charge in [-0.25, -0.2) is 0 Å². The van der Waals surface area contributed by atoms with E-state index < -0.39 is 0 Å². The summed E-state index contributed by atoms with van der Waals surface area (Å²) in [6.45, 7) is 0. The Morgan fingerprint density at radius 3 is 3.05 bits per heavy atom. The summed E-state index contributed by atoms with van der Waals surface area (Å²) in [5.41, 5.74) is 0.749. The van der Waals surface area contributed by atoms with Crippen molar-refractivity contribution in [2.45, 2.75) is 24.5 Å². The van der Waals surface area contributed by atoms with Gasteiger partial charge in [-0.1, -0.05) is 11.6 Å². The highest BCUT2D eigenvalue weighted by molar-refractivity contribution is 7.99. The summed E-state index contributed by atoms with van der Waals surface area (Å²) in [4.78, 5) is 4.47. The number of aromatic nitrogens is 2. The molecule has 0 saturated carbocycles. The Balaban J connectivity index is 1.85. The molecule has 1 N–H and O–H groups in total. The number of methoxy groups -OCH3 is 1. The lowest BCUT2D eigenvalue weighted by atomic mass is 10.2. The Morgan fingerprint density at radius 1 is 1.40 bits per heavy atom. The quantitative estimate of drug-likeness (QED) is 0.935. The molecule has 1 aromatic heterocycles. The normalized spacial score (nSPS) is 18.9. The minimum absolute atomic E-state index is 0.0961. The van der Waals surface area contributed by atoms with E-state index in [1.54, 1.807) is 18.2 Å². The van der Waals surface area contributed by atoms with E-state index >= 15 is 0 Å². The van der Waals surface area contributed by atoms with Crippen LogP contribution in [0.3, 0.4) is 0 Å². The molecule has 1 saturated heterocycles. The number of phenolic OH excluding ortho intramolecular Hbond substituents is 1. The van der Waals surface area contributed by atoms with E-state index in [9.17, 15) is 5.11 Å². The first-order valence-electron chi connectivity index (χ1n) is 6.60. The lowest BCUT2D eigenvalue weighted by Gasteiger charge is -2.17. The fourth-order valence-electron chi connectivity index (χ4n) is 2.24. The molecule has 1 atom stereocenters. The van der Waals surface area contributed by atoms with Gasteiger partial charge in [-0.2, -0.15) is 16.7 Å². The van der Waals surface area contributed by atoms with Gasteiger partial charge < -0.3 is 14.4 Å². The van der Waals surface area contributed by atoms with Gasteiger partial charge in [0, 0.05) is 5.56 Å². The second-order valence-electron chi connectivity index (χ2n) is 4.70. The molecule has 1 unspecified atom stereocenters. The summed E-state index contributed by atoms with van der Waals surface area (Å²) in [6.07, 6.45) is 3.58. The van der Waals surface area contributed by atoms with Crippen LogP contribution in [-0.4, -0.2) is 28.1 Å². The largest absolute Gasteiger partial charge is 0.504 e. The van der Waals surface area contributed by atoms with Crippen molar-refractivity contribution in [2.24, 2.45) is 0 Å². The second kappa shape index (κ2) is 5.75. The Bertz CT molecular complexity index is 594. The molecule has 3 rings (SSSR count). The number of aromatic hydroxyl groups is 1. The smallest absolute Gasteiger partial charge is 0.258 e. The van der Waals surface area contributed by atoms with Crippen LogP contribution < -0.4 is 4.74 Å². The lowest BCUT2D eigenvalue weighted by Crippen LogP contribution is -2.03. The van der Waals surface area contributed by atoms with Crippen LogP contribution in [-0.2, 0) is 0 Å². The van der Waals surface area contributed by atoms with Crippen molar-refractivity contribution in [3.63, 3.8) is 0 Å². The number of hydrogen-bond donors (Lipinski definition) is 1. The predicted molar refractivity (Wildman–Crippen MR) is 77.0 cm³/mol. The first kappa shape index (κ1) is 13.3. The molecular formula is C14H16N2O3S. The third-order valence-electron chi connectivity index (χ3n) is 3.34. The zero-order chi connectivity index (χ0) is 13.9.